The molecule has 0 aliphatic heterocycles. The van der Waals surface area contributed by atoms with Crippen LogP contribution in [-0.2, 0) is 0 Å². The highest BCUT2D eigenvalue weighted by atomic mass is 28.3. The van der Waals surface area contributed by atoms with Crippen LogP contribution in [0.25, 0.3) is 0 Å². The van der Waals surface area contributed by atoms with Gasteiger partial charge in [0, 0.05) is 0 Å². The molecule has 0 N–H and O–H groups in total. The summed E-state index contributed by atoms with van der Waals surface area (Å²) in [4.78, 5) is 0. The van der Waals surface area contributed by atoms with Crippen molar-refractivity contribution in [3.8, 4) is 0 Å². The average molecular weight is 303 g/mol. The smallest absolute Gasteiger partial charge is 0.0943 e. The summed E-state index contributed by atoms with van der Waals surface area (Å²) >= 11 is 0. The summed E-state index contributed by atoms with van der Waals surface area (Å²) in [5.74, 6) is 0. The maximum absolute atomic E-state index is 2.52. The first-order valence-electron chi connectivity index (χ1n) is 8.90. The van der Waals surface area contributed by atoms with Gasteiger partial charge in [-0.15, -0.1) is 0 Å². The standard InChI is InChI=1S/C20H34Si/c1-4-5-6-7-8-9-10-11-12-16-19-21(2,3)20-17-14-13-15-18-20/h13-19H,4-12H2,1-3H3. The van der Waals surface area contributed by atoms with Gasteiger partial charge in [-0.1, -0.05) is 112 Å². The number of benzene rings is 1. The van der Waals surface area contributed by atoms with Crippen LogP contribution in [-0.4, -0.2) is 8.07 Å². The Balaban J connectivity index is 2.12. The molecular formula is C20H34Si. The number of rotatable bonds is 11. The van der Waals surface area contributed by atoms with E-state index in [1.165, 1.54) is 63.0 Å². The third kappa shape index (κ3) is 8.26. The monoisotopic (exact) mass is 302 g/mol. The van der Waals surface area contributed by atoms with Gasteiger partial charge in [-0.2, -0.15) is 0 Å². The average Bonchev–Trinajstić information content (AvgIpc) is 2.50. The first-order valence-corrected chi connectivity index (χ1v) is 12.0. The molecule has 1 rings (SSSR count). The van der Waals surface area contributed by atoms with Gasteiger partial charge in [0.25, 0.3) is 0 Å². The quantitative estimate of drug-likeness (QED) is 0.336. The van der Waals surface area contributed by atoms with Crippen molar-refractivity contribution in [3.05, 3.63) is 42.1 Å². The molecule has 1 aromatic rings. The van der Waals surface area contributed by atoms with Gasteiger partial charge in [0.1, 0.15) is 8.07 Å². The highest BCUT2D eigenvalue weighted by Gasteiger charge is 2.18. The molecule has 0 saturated heterocycles. The van der Waals surface area contributed by atoms with E-state index in [2.05, 4.69) is 62.1 Å². The summed E-state index contributed by atoms with van der Waals surface area (Å²) in [5, 5.41) is 1.54. The second kappa shape index (κ2) is 10.8. The zero-order valence-electron chi connectivity index (χ0n) is 14.4. The lowest BCUT2D eigenvalue weighted by Gasteiger charge is -2.18. The van der Waals surface area contributed by atoms with Crippen LogP contribution >= 0.6 is 0 Å². The Morgan fingerprint density at radius 3 is 2.00 bits per heavy atom. The Bertz CT molecular complexity index is 378. The summed E-state index contributed by atoms with van der Waals surface area (Å²) in [6.07, 6.45) is 15.0. The normalized spacial score (nSPS) is 12.1. The lowest BCUT2D eigenvalue weighted by Crippen LogP contribution is -2.39. The Kier molecular flexibility index (Phi) is 9.41. The van der Waals surface area contributed by atoms with Gasteiger partial charge in [0.15, 0.2) is 0 Å². The van der Waals surface area contributed by atoms with E-state index in [9.17, 15) is 0 Å². The largest absolute Gasteiger partial charge is 0.103 e. The van der Waals surface area contributed by atoms with Crippen LogP contribution in [0.5, 0.6) is 0 Å². The van der Waals surface area contributed by atoms with Gasteiger partial charge >= 0.3 is 0 Å². The van der Waals surface area contributed by atoms with E-state index in [4.69, 9.17) is 0 Å². The highest BCUT2D eigenvalue weighted by molar-refractivity contribution is 6.93. The molecule has 0 aromatic heterocycles. The fourth-order valence-electron chi connectivity index (χ4n) is 2.74. The molecule has 0 heterocycles. The molecule has 1 aromatic carbocycles. The first kappa shape index (κ1) is 18.2. The Morgan fingerprint density at radius 2 is 1.38 bits per heavy atom. The zero-order valence-corrected chi connectivity index (χ0v) is 15.4. The first-order chi connectivity index (χ1) is 10.2. The summed E-state index contributed by atoms with van der Waals surface area (Å²) in [7, 11) is -1.35. The van der Waals surface area contributed by atoms with Crippen molar-refractivity contribution in [1.29, 1.82) is 0 Å². The lowest BCUT2D eigenvalue weighted by molar-refractivity contribution is 0.577. The van der Waals surface area contributed by atoms with Gasteiger partial charge in [0.05, 0.1) is 0 Å². The Morgan fingerprint density at radius 1 is 0.810 bits per heavy atom. The van der Waals surface area contributed by atoms with Crippen LogP contribution in [0.2, 0.25) is 13.1 Å². The summed E-state index contributed by atoms with van der Waals surface area (Å²) in [6.45, 7) is 7.16. The van der Waals surface area contributed by atoms with Crippen molar-refractivity contribution in [2.45, 2.75) is 77.8 Å². The number of allylic oxidation sites excluding steroid dienone is 1. The van der Waals surface area contributed by atoms with Crippen molar-refractivity contribution in [3.63, 3.8) is 0 Å². The summed E-state index contributed by atoms with van der Waals surface area (Å²) in [6, 6.07) is 11.0. The van der Waals surface area contributed by atoms with Crippen LogP contribution in [0.4, 0.5) is 0 Å². The van der Waals surface area contributed by atoms with E-state index < -0.39 is 8.07 Å². The molecule has 0 unspecified atom stereocenters. The Hall–Kier alpha value is -0.823. The lowest BCUT2D eigenvalue weighted by atomic mass is 10.1. The van der Waals surface area contributed by atoms with Gasteiger partial charge < -0.3 is 0 Å². The molecule has 0 atom stereocenters. The second-order valence-corrected chi connectivity index (χ2v) is 11.1. The molecule has 1 heteroatoms. The van der Waals surface area contributed by atoms with Crippen LogP contribution in [0.1, 0.15) is 64.7 Å². The van der Waals surface area contributed by atoms with E-state index >= 15 is 0 Å². The predicted molar refractivity (Wildman–Crippen MR) is 99.9 cm³/mol. The third-order valence-electron chi connectivity index (χ3n) is 4.28. The van der Waals surface area contributed by atoms with Gasteiger partial charge in [0.2, 0.25) is 0 Å². The molecular weight excluding hydrogens is 268 g/mol. The van der Waals surface area contributed by atoms with Crippen molar-refractivity contribution < 1.29 is 0 Å². The number of hydrogen-bond donors (Lipinski definition) is 0. The van der Waals surface area contributed by atoms with Crippen molar-refractivity contribution in [1.82, 2.24) is 0 Å². The van der Waals surface area contributed by atoms with E-state index in [0.717, 1.165) is 0 Å². The molecule has 0 aliphatic carbocycles. The molecule has 0 fully saturated rings. The zero-order chi connectivity index (χ0) is 15.4. The molecule has 0 radical (unpaired) electrons. The molecule has 0 bridgehead atoms. The minimum atomic E-state index is -1.35. The van der Waals surface area contributed by atoms with Gasteiger partial charge in [-0.25, -0.2) is 0 Å². The van der Waals surface area contributed by atoms with Gasteiger partial charge in [-0.05, 0) is 12.8 Å². The van der Waals surface area contributed by atoms with E-state index in [1.807, 2.05) is 0 Å². The van der Waals surface area contributed by atoms with Crippen molar-refractivity contribution in [2.75, 3.05) is 0 Å². The van der Waals surface area contributed by atoms with Crippen LogP contribution in [0.3, 0.4) is 0 Å². The minimum absolute atomic E-state index is 1.26. The van der Waals surface area contributed by atoms with Crippen LogP contribution in [0.15, 0.2) is 42.1 Å². The fourth-order valence-corrected chi connectivity index (χ4v) is 4.74. The SMILES string of the molecule is CCCCCCCCCCC=C[Si](C)(C)c1ccccc1. The van der Waals surface area contributed by atoms with Crippen molar-refractivity contribution >= 4 is 13.3 Å². The maximum atomic E-state index is 2.52. The maximum Gasteiger partial charge on any atom is 0.103 e. The highest BCUT2D eigenvalue weighted by Crippen LogP contribution is 2.11. The van der Waals surface area contributed by atoms with E-state index in [1.54, 1.807) is 0 Å². The third-order valence-corrected chi connectivity index (χ3v) is 7.17. The molecule has 0 saturated carbocycles. The Labute approximate surface area is 133 Å². The minimum Gasteiger partial charge on any atom is -0.0943 e. The van der Waals surface area contributed by atoms with E-state index in [-0.39, 0.29) is 0 Å². The molecule has 21 heavy (non-hydrogen) atoms. The van der Waals surface area contributed by atoms with Crippen LogP contribution in [0, 0.1) is 0 Å². The second-order valence-electron chi connectivity index (χ2n) is 6.75. The molecule has 0 spiro atoms. The van der Waals surface area contributed by atoms with E-state index in [0.29, 0.717) is 0 Å². The number of hydrogen-bond acceptors (Lipinski definition) is 0. The summed E-state index contributed by atoms with van der Waals surface area (Å²) < 4.78 is 0. The molecule has 0 amide bonds. The predicted octanol–water partition coefficient (Wildman–Crippen LogP) is 6.23. The van der Waals surface area contributed by atoms with Crippen LogP contribution < -0.4 is 5.19 Å². The number of unbranched alkanes of at least 4 members (excludes halogenated alkanes) is 8. The van der Waals surface area contributed by atoms with Gasteiger partial charge in [-0.3, -0.25) is 0 Å². The molecule has 0 aliphatic rings. The van der Waals surface area contributed by atoms with Crippen molar-refractivity contribution in [2.24, 2.45) is 0 Å². The summed E-state index contributed by atoms with van der Waals surface area (Å²) in [5.41, 5.74) is 2.52. The molecule has 0 nitrogen and oxygen atoms in total. The topological polar surface area (TPSA) is 0 Å². The fraction of sp³-hybridized carbons (Fsp3) is 0.600. The molecule has 118 valence electrons.